The Balaban J connectivity index is 1.95. The molecule has 1 aromatic carbocycles. The molecule has 0 saturated heterocycles. The maximum Gasteiger partial charge on any atom is 0.257 e. The molecule has 0 fully saturated rings. The molecule has 0 radical (unpaired) electrons. The Morgan fingerprint density at radius 3 is 2.74 bits per heavy atom. The van der Waals surface area contributed by atoms with Gasteiger partial charge in [-0.05, 0) is 44.5 Å². The van der Waals surface area contributed by atoms with E-state index in [1.54, 1.807) is 17.5 Å². The molecular weight excluding hydrogens is 374 g/mol. The molecule has 0 bridgehead atoms. The highest BCUT2D eigenvalue weighted by atomic mass is 79.9. The van der Waals surface area contributed by atoms with E-state index < -0.39 is 0 Å². The normalized spacial score (nSPS) is 10.8. The molecule has 0 atom stereocenters. The van der Waals surface area contributed by atoms with E-state index >= 15 is 0 Å². The lowest BCUT2D eigenvalue weighted by molar-refractivity contribution is 0.102. The number of halogens is 1. The fourth-order valence-corrected chi connectivity index (χ4v) is 3.64. The number of nitrogens with zero attached hydrogens (tertiary/aromatic N) is 2. The average molecular weight is 390 g/mol. The number of aromatic nitrogens is 2. The van der Waals surface area contributed by atoms with Gasteiger partial charge in [-0.1, -0.05) is 22.0 Å². The van der Waals surface area contributed by atoms with Crippen LogP contribution in [0, 0.1) is 20.8 Å². The summed E-state index contributed by atoms with van der Waals surface area (Å²) in [6.45, 7) is 5.90. The Morgan fingerprint density at radius 2 is 2.04 bits per heavy atom. The van der Waals surface area contributed by atoms with Crippen molar-refractivity contribution in [3.63, 3.8) is 0 Å². The molecule has 0 aliphatic rings. The third-order valence-corrected chi connectivity index (χ3v) is 4.98. The molecule has 3 rings (SSSR count). The van der Waals surface area contributed by atoms with Crippen LogP contribution in [0.4, 0.5) is 5.69 Å². The number of thiazole rings is 1. The van der Waals surface area contributed by atoms with E-state index in [0.717, 1.165) is 32.2 Å². The van der Waals surface area contributed by atoms with Crippen molar-refractivity contribution in [3.05, 3.63) is 62.8 Å². The molecule has 0 saturated carbocycles. The van der Waals surface area contributed by atoms with Crippen LogP contribution in [-0.4, -0.2) is 15.5 Å². The number of rotatable bonds is 3. The van der Waals surface area contributed by atoms with Gasteiger partial charge in [0, 0.05) is 33.1 Å². The van der Waals surface area contributed by atoms with Crippen LogP contribution in [0.25, 0.3) is 5.13 Å². The largest absolute Gasteiger partial charge is 0.322 e. The third-order valence-electron chi connectivity index (χ3n) is 3.73. The number of anilines is 1. The highest BCUT2D eigenvalue weighted by Crippen LogP contribution is 2.25. The molecule has 0 spiro atoms. The van der Waals surface area contributed by atoms with E-state index in [0.29, 0.717) is 5.56 Å². The van der Waals surface area contributed by atoms with Crippen molar-refractivity contribution in [3.8, 4) is 5.13 Å². The van der Waals surface area contributed by atoms with Crippen LogP contribution < -0.4 is 5.32 Å². The van der Waals surface area contributed by atoms with Gasteiger partial charge in [0.15, 0.2) is 5.13 Å². The molecule has 2 aromatic heterocycles. The van der Waals surface area contributed by atoms with Crippen LogP contribution in [0.15, 0.2) is 40.3 Å². The average Bonchev–Trinajstić information content (AvgIpc) is 3.11. The monoisotopic (exact) mass is 389 g/mol. The van der Waals surface area contributed by atoms with Gasteiger partial charge in [0.1, 0.15) is 0 Å². The molecule has 2 heterocycles. The number of carbonyl (C=O) groups is 1. The zero-order chi connectivity index (χ0) is 16.6. The van der Waals surface area contributed by atoms with E-state index in [2.05, 4.69) is 26.2 Å². The van der Waals surface area contributed by atoms with Gasteiger partial charge in [0.05, 0.1) is 5.56 Å². The second kappa shape index (κ2) is 6.29. The lowest BCUT2D eigenvalue weighted by Gasteiger charge is -2.09. The summed E-state index contributed by atoms with van der Waals surface area (Å²) in [4.78, 5) is 17.0. The number of hydrogen-bond acceptors (Lipinski definition) is 3. The minimum Gasteiger partial charge on any atom is -0.322 e. The fraction of sp³-hybridized carbons (Fsp3) is 0.176. The van der Waals surface area contributed by atoms with Gasteiger partial charge in [-0.2, -0.15) is 0 Å². The van der Waals surface area contributed by atoms with Gasteiger partial charge in [0.2, 0.25) is 0 Å². The Hall–Kier alpha value is -1.92. The molecule has 6 heteroatoms. The highest BCUT2D eigenvalue weighted by Gasteiger charge is 2.18. The van der Waals surface area contributed by atoms with Gasteiger partial charge in [0.25, 0.3) is 5.91 Å². The minimum absolute atomic E-state index is 0.109. The van der Waals surface area contributed by atoms with Gasteiger partial charge in [-0.25, -0.2) is 4.98 Å². The number of benzene rings is 1. The topological polar surface area (TPSA) is 46.9 Å². The molecule has 0 aliphatic heterocycles. The molecule has 3 aromatic rings. The SMILES string of the molecule is Cc1ccc(Br)cc1NC(=O)c1cc(C)n(-c2nccs2)c1C. The van der Waals surface area contributed by atoms with Crippen LogP contribution in [0.5, 0.6) is 0 Å². The lowest BCUT2D eigenvalue weighted by Crippen LogP contribution is -2.14. The summed E-state index contributed by atoms with van der Waals surface area (Å²) in [5.41, 5.74) is 4.38. The first-order valence-electron chi connectivity index (χ1n) is 7.13. The van der Waals surface area contributed by atoms with Crippen LogP contribution in [0.2, 0.25) is 0 Å². The summed E-state index contributed by atoms with van der Waals surface area (Å²) in [6.07, 6.45) is 1.77. The van der Waals surface area contributed by atoms with E-state index in [4.69, 9.17) is 0 Å². The van der Waals surface area contributed by atoms with Crippen molar-refractivity contribution < 1.29 is 4.79 Å². The summed E-state index contributed by atoms with van der Waals surface area (Å²) in [6, 6.07) is 7.74. The first-order chi connectivity index (χ1) is 11.0. The second-order valence-corrected chi connectivity index (χ2v) is 7.14. The summed E-state index contributed by atoms with van der Waals surface area (Å²) in [5, 5.41) is 5.80. The highest BCUT2D eigenvalue weighted by molar-refractivity contribution is 9.10. The van der Waals surface area contributed by atoms with Crippen molar-refractivity contribution in [2.75, 3.05) is 5.32 Å². The number of carbonyl (C=O) groups excluding carboxylic acids is 1. The molecule has 1 amide bonds. The Labute approximate surface area is 147 Å². The predicted octanol–water partition coefficient (Wildman–Crippen LogP) is 4.87. The van der Waals surface area contributed by atoms with Crippen molar-refractivity contribution in [2.24, 2.45) is 0 Å². The fourth-order valence-electron chi connectivity index (χ4n) is 2.53. The Bertz CT molecular complexity index is 868. The zero-order valence-electron chi connectivity index (χ0n) is 13.1. The second-order valence-electron chi connectivity index (χ2n) is 5.35. The number of nitrogens with one attached hydrogen (secondary N) is 1. The van der Waals surface area contributed by atoms with Crippen LogP contribution in [-0.2, 0) is 0 Å². The first kappa shape index (κ1) is 16.0. The quantitative estimate of drug-likeness (QED) is 0.693. The molecule has 0 unspecified atom stereocenters. The smallest absolute Gasteiger partial charge is 0.257 e. The van der Waals surface area contributed by atoms with Crippen molar-refractivity contribution in [2.45, 2.75) is 20.8 Å². The lowest BCUT2D eigenvalue weighted by atomic mass is 10.2. The summed E-state index contributed by atoms with van der Waals surface area (Å²) in [5.74, 6) is -0.109. The standard InChI is InChI=1S/C17H16BrN3OS/c1-10-4-5-13(18)9-15(10)20-16(22)14-8-11(2)21(12(14)3)17-19-6-7-23-17/h4-9H,1-3H3,(H,20,22). The van der Waals surface area contributed by atoms with E-state index in [-0.39, 0.29) is 5.91 Å². The van der Waals surface area contributed by atoms with Gasteiger partial charge in [-0.3, -0.25) is 9.36 Å². The van der Waals surface area contributed by atoms with Crippen LogP contribution >= 0.6 is 27.3 Å². The number of aryl methyl sites for hydroxylation is 2. The van der Waals surface area contributed by atoms with Gasteiger partial charge >= 0.3 is 0 Å². The third kappa shape index (κ3) is 3.09. The van der Waals surface area contributed by atoms with E-state index in [1.807, 2.05) is 55.0 Å². The zero-order valence-corrected chi connectivity index (χ0v) is 15.5. The Morgan fingerprint density at radius 1 is 1.26 bits per heavy atom. The first-order valence-corrected chi connectivity index (χ1v) is 8.81. The molecule has 1 N–H and O–H groups in total. The molecular formula is C17H16BrN3OS. The number of amides is 1. The molecule has 23 heavy (non-hydrogen) atoms. The van der Waals surface area contributed by atoms with Gasteiger partial charge < -0.3 is 5.32 Å². The van der Waals surface area contributed by atoms with E-state index in [1.165, 1.54) is 0 Å². The maximum atomic E-state index is 12.7. The van der Waals surface area contributed by atoms with Crippen molar-refractivity contribution in [1.82, 2.24) is 9.55 Å². The van der Waals surface area contributed by atoms with Crippen LogP contribution in [0.1, 0.15) is 27.3 Å². The summed E-state index contributed by atoms with van der Waals surface area (Å²) >= 11 is 4.99. The van der Waals surface area contributed by atoms with Crippen molar-refractivity contribution >= 4 is 38.9 Å². The Kier molecular flexibility index (Phi) is 4.37. The van der Waals surface area contributed by atoms with Crippen molar-refractivity contribution in [1.29, 1.82) is 0 Å². The minimum atomic E-state index is -0.109. The molecule has 0 aliphatic carbocycles. The number of hydrogen-bond donors (Lipinski definition) is 1. The summed E-state index contributed by atoms with van der Waals surface area (Å²) in [7, 11) is 0. The molecule has 4 nitrogen and oxygen atoms in total. The predicted molar refractivity (Wildman–Crippen MR) is 97.7 cm³/mol. The van der Waals surface area contributed by atoms with E-state index in [9.17, 15) is 4.79 Å². The maximum absolute atomic E-state index is 12.7. The summed E-state index contributed by atoms with van der Waals surface area (Å²) < 4.78 is 2.94. The van der Waals surface area contributed by atoms with Gasteiger partial charge in [-0.15, -0.1) is 11.3 Å². The molecule has 118 valence electrons. The van der Waals surface area contributed by atoms with Crippen LogP contribution in [0.3, 0.4) is 0 Å².